The summed E-state index contributed by atoms with van der Waals surface area (Å²) in [4.78, 5) is 0. The van der Waals surface area contributed by atoms with Gasteiger partial charge >= 0.3 is 0 Å². The van der Waals surface area contributed by atoms with Crippen molar-refractivity contribution in [2.24, 2.45) is 0 Å². The molecule has 3 rings (SSSR count). The van der Waals surface area contributed by atoms with Crippen LogP contribution in [0.15, 0.2) is 42.5 Å². The highest BCUT2D eigenvalue weighted by atomic mass is 16.5. The summed E-state index contributed by atoms with van der Waals surface area (Å²) in [6.07, 6.45) is 0. The highest BCUT2D eigenvalue weighted by Gasteiger charge is 2.12. The van der Waals surface area contributed by atoms with Gasteiger partial charge in [-0.05, 0) is 47.7 Å². The van der Waals surface area contributed by atoms with Gasteiger partial charge in [-0.25, -0.2) is 0 Å². The van der Waals surface area contributed by atoms with E-state index in [1.54, 1.807) is 11.8 Å². The molecule has 0 amide bonds. The normalized spacial score (nSPS) is 10.7. The molecular formula is C18H22N5O2+. The molecule has 2 aromatic carbocycles. The van der Waals surface area contributed by atoms with Crippen LogP contribution in [0.3, 0.4) is 0 Å². The van der Waals surface area contributed by atoms with Crippen LogP contribution < -0.4 is 14.8 Å². The Balaban J connectivity index is 1.76. The molecule has 7 heteroatoms. The molecule has 0 spiro atoms. The zero-order chi connectivity index (χ0) is 17.6. The average molecular weight is 340 g/mol. The van der Waals surface area contributed by atoms with Gasteiger partial charge < -0.3 is 14.8 Å². The molecule has 0 aliphatic carbocycles. The molecular weight excluding hydrogens is 318 g/mol. The number of aryl methyl sites for hydroxylation is 1. The van der Waals surface area contributed by atoms with Gasteiger partial charge in [0.25, 0.3) is 0 Å². The van der Waals surface area contributed by atoms with E-state index >= 15 is 0 Å². The minimum absolute atomic E-state index is 0.247. The van der Waals surface area contributed by atoms with Crippen molar-refractivity contribution in [3.8, 4) is 17.2 Å². The summed E-state index contributed by atoms with van der Waals surface area (Å²) in [5.41, 5.74) is 3.26. The number of quaternary nitrogens is 1. The lowest BCUT2D eigenvalue weighted by atomic mass is 10.2. The molecule has 0 bridgehead atoms. The van der Waals surface area contributed by atoms with Crippen molar-refractivity contribution in [1.82, 2.24) is 20.2 Å². The number of hydrogen-bond acceptors (Lipinski definition) is 5. The average Bonchev–Trinajstić information content (AvgIpc) is 3.10. The van der Waals surface area contributed by atoms with E-state index in [4.69, 9.17) is 9.47 Å². The highest BCUT2D eigenvalue weighted by molar-refractivity contribution is 5.42. The lowest BCUT2D eigenvalue weighted by molar-refractivity contribution is -0.643. The van der Waals surface area contributed by atoms with Crippen LogP contribution in [0.25, 0.3) is 5.69 Å². The Morgan fingerprint density at radius 1 is 1.08 bits per heavy atom. The number of hydrogen-bond donors (Lipinski definition) is 1. The summed E-state index contributed by atoms with van der Waals surface area (Å²) < 4.78 is 13.0. The van der Waals surface area contributed by atoms with Crippen molar-refractivity contribution in [3.63, 3.8) is 0 Å². The van der Waals surface area contributed by atoms with Crippen molar-refractivity contribution < 1.29 is 14.8 Å². The van der Waals surface area contributed by atoms with Gasteiger partial charge in [0.1, 0.15) is 6.54 Å². The maximum Gasteiger partial charge on any atom is 0.194 e. The molecule has 1 aromatic heterocycles. The summed E-state index contributed by atoms with van der Waals surface area (Å²) >= 11 is 0. The molecule has 0 radical (unpaired) electrons. The monoisotopic (exact) mass is 340 g/mol. The largest absolute Gasteiger partial charge is 0.493 e. The first-order valence-corrected chi connectivity index (χ1v) is 8.13. The van der Waals surface area contributed by atoms with E-state index in [1.165, 1.54) is 11.1 Å². The Hall–Kier alpha value is -2.93. The van der Waals surface area contributed by atoms with Crippen LogP contribution in [0, 0.1) is 6.92 Å². The molecule has 0 atom stereocenters. The standard InChI is InChI=1S/C18H21N5O2/c1-13-4-7-15(8-5-13)23-18(20-21-22-23)12-25-16-9-6-14(11-19-2)10-17(16)24-3/h4-10,19H,11-12H2,1-3H3/p+1. The van der Waals surface area contributed by atoms with E-state index in [1.807, 2.05) is 56.4 Å². The van der Waals surface area contributed by atoms with E-state index in [2.05, 4.69) is 20.8 Å². The minimum atomic E-state index is 0.247. The van der Waals surface area contributed by atoms with Crippen molar-refractivity contribution in [2.45, 2.75) is 20.1 Å². The van der Waals surface area contributed by atoms with Gasteiger partial charge in [-0.15, -0.1) is 5.10 Å². The predicted molar refractivity (Wildman–Crippen MR) is 92.8 cm³/mol. The molecule has 0 aliphatic heterocycles. The Labute approximate surface area is 146 Å². The molecule has 0 saturated carbocycles. The van der Waals surface area contributed by atoms with Gasteiger partial charge in [-0.3, -0.25) is 0 Å². The van der Waals surface area contributed by atoms with Crippen LogP contribution in [0.2, 0.25) is 0 Å². The zero-order valence-electron chi connectivity index (χ0n) is 14.6. The maximum absolute atomic E-state index is 5.89. The number of methoxy groups -OCH3 is 1. The molecule has 0 saturated heterocycles. The van der Waals surface area contributed by atoms with Crippen LogP contribution in [0.5, 0.6) is 11.5 Å². The van der Waals surface area contributed by atoms with E-state index in [9.17, 15) is 0 Å². The molecule has 0 unspecified atom stereocenters. The lowest BCUT2D eigenvalue weighted by Crippen LogP contribution is -2.77. The maximum atomic E-state index is 5.89. The third kappa shape index (κ3) is 3.95. The topological polar surface area (TPSA) is 78.7 Å². The second kappa shape index (κ2) is 7.76. The summed E-state index contributed by atoms with van der Waals surface area (Å²) in [7, 11) is 3.67. The second-order valence-corrected chi connectivity index (χ2v) is 5.73. The molecule has 3 aromatic rings. The van der Waals surface area contributed by atoms with Crippen molar-refractivity contribution >= 4 is 0 Å². The van der Waals surface area contributed by atoms with Gasteiger partial charge in [-0.2, -0.15) is 4.68 Å². The van der Waals surface area contributed by atoms with Gasteiger partial charge in [-0.1, -0.05) is 17.7 Å². The van der Waals surface area contributed by atoms with E-state index in [0.29, 0.717) is 17.3 Å². The smallest absolute Gasteiger partial charge is 0.194 e. The summed E-state index contributed by atoms with van der Waals surface area (Å²) in [6.45, 7) is 3.18. The zero-order valence-corrected chi connectivity index (χ0v) is 14.6. The first-order chi connectivity index (χ1) is 12.2. The number of aromatic nitrogens is 4. The highest BCUT2D eigenvalue weighted by Crippen LogP contribution is 2.28. The molecule has 0 aliphatic rings. The van der Waals surface area contributed by atoms with Crippen LogP contribution >= 0.6 is 0 Å². The number of rotatable bonds is 7. The molecule has 130 valence electrons. The Bertz CT molecular complexity index is 830. The fraction of sp³-hybridized carbons (Fsp3) is 0.278. The Kier molecular flexibility index (Phi) is 5.25. The van der Waals surface area contributed by atoms with E-state index < -0.39 is 0 Å². The summed E-state index contributed by atoms with van der Waals surface area (Å²) in [5, 5.41) is 14.0. The van der Waals surface area contributed by atoms with Crippen molar-refractivity contribution in [1.29, 1.82) is 0 Å². The minimum Gasteiger partial charge on any atom is -0.493 e. The number of tetrazole rings is 1. The summed E-state index contributed by atoms with van der Waals surface area (Å²) in [5.74, 6) is 1.99. The van der Waals surface area contributed by atoms with Gasteiger partial charge in [0.2, 0.25) is 0 Å². The van der Waals surface area contributed by atoms with Gasteiger partial charge in [0.05, 0.1) is 19.8 Å². The van der Waals surface area contributed by atoms with E-state index in [-0.39, 0.29) is 6.61 Å². The third-order valence-corrected chi connectivity index (χ3v) is 3.84. The third-order valence-electron chi connectivity index (χ3n) is 3.84. The Morgan fingerprint density at radius 2 is 1.88 bits per heavy atom. The lowest BCUT2D eigenvalue weighted by Gasteiger charge is -2.11. The first kappa shape index (κ1) is 16.9. The van der Waals surface area contributed by atoms with E-state index in [0.717, 1.165) is 12.2 Å². The number of nitrogens with two attached hydrogens (primary N) is 1. The first-order valence-electron chi connectivity index (χ1n) is 8.13. The molecule has 1 heterocycles. The molecule has 7 nitrogen and oxygen atoms in total. The van der Waals surface area contributed by atoms with Crippen molar-refractivity contribution in [2.75, 3.05) is 14.2 Å². The molecule has 2 N–H and O–H groups in total. The number of nitrogens with zero attached hydrogens (tertiary/aromatic N) is 4. The fourth-order valence-electron chi connectivity index (χ4n) is 2.52. The van der Waals surface area contributed by atoms with Crippen molar-refractivity contribution in [3.05, 3.63) is 59.4 Å². The number of ether oxygens (including phenoxy) is 2. The Morgan fingerprint density at radius 3 is 2.60 bits per heavy atom. The van der Waals surface area contributed by atoms with Crippen LogP contribution in [-0.2, 0) is 13.2 Å². The molecule has 25 heavy (non-hydrogen) atoms. The quantitative estimate of drug-likeness (QED) is 0.700. The SMILES string of the molecule is C[NH2+]Cc1ccc(OCc2nnnn2-c2ccc(C)cc2)c(OC)c1. The summed E-state index contributed by atoms with van der Waals surface area (Å²) in [6, 6.07) is 13.9. The van der Waals surface area contributed by atoms with Crippen LogP contribution in [-0.4, -0.2) is 34.4 Å². The van der Waals surface area contributed by atoms with Gasteiger partial charge in [0, 0.05) is 5.56 Å². The predicted octanol–water partition coefficient (Wildman–Crippen LogP) is 1.25. The van der Waals surface area contributed by atoms with Crippen LogP contribution in [0.1, 0.15) is 17.0 Å². The van der Waals surface area contributed by atoms with Crippen LogP contribution in [0.4, 0.5) is 0 Å². The second-order valence-electron chi connectivity index (χ2n) is 5.73. The number of benzene rings is 2. The fourth-order valence-corrected chi connectivity index (χ4v) is 2.52. The van der Waals surface area contributed by atoms with Gasteiger partial charge in [0.15, 0.2) is 23.9 Å². The molecule has 0 fully saturated rings.